The number of para-hydroxylation sites is 1. The van der Waals surface area contributed by atoms with Crippen molar-refractivity contribution in [3.05, 3.63) is 66.6 Å². The molecule has 3 aromatic rings. The molecule has 2 fully saturated rings. The Hall–Kier alpha value is -2.99. The number of piperidine rings is 1. The molecule has 2 aliphatic heterocycles. The summed E-state index contributed by atoms with van der Waals surface area (Å²) in [5.41, 5.74) is 2.42. The maximum atomic E-state index is 13.3. The lowest BCUT2D eigenvalue weighted by molar-refractivity contribution is 0.0133. The minimum Gasteiger partial charge on any atom is -0.379 e. The van der Waals surface area contributed by atoms with Gasteiger partial charge in [0.05, 0.1) is 30.6 Å². The van der Waals surface area contributed by atoms with Crippen molar-refractivity contribution in [3.63, 3.8) is 0 Å². The highest BCUT2D eigenvalue weighted by molar-refractivity contribution is 5.95. The molecule has 5 rings (SSSR count). The van der Waals surface area contributed by atoms with Crippen LogP contribution in [0.25, 0.3) is 10.9 Å². The highest BCUT2D eigenvalue weighted by Gasteiger charge is 2.40. The second-order valence-electron chi connectivity index (χ2n) is 8.40. The predicted octanol–water partition coefficient (Wildman–Crippen LogP) is 3.39. The van der Waals surface area contributed by atoms with Gasteiger partial charge in [-0.25, -0.2) is 4.98 Å². The summed E-state index contributed by atoms with van der Waals surface area (Å²) in [6.07, 6.45) is 5.73. The molecule has 0 unspecified atom stereocenters. The summed E-state index contributed by atoms with van der Waals surface area (Å²) in [6, 6.07) is 15.8. The minimum absolute atomic E-state index is 0.0111. The van der Waals surface area contributed by atoms with Gasteiger partial charge in [-0.2, -0.15) is 0 Å². The molecule has 30 heavy (non-hydrogen) atoms. The summed E-state index contributed by atoms with van der Waals surface area (Å²) >= 11 is 0. The number of carbonyl (C=O) groups is 1. The van der Waals surface area contributed by atoms with E-state index in [1.54, 1.807) is 6.20 Å². The predicted molar refractivity (Wildman–Crippen MR) is 117 cm³/mol. The van der Waals surface area contributed by atoms with E-state index in [-0.39, 0.29) is 11.3 Å². The zero-order valence-corrected chi connectivity index (χ0v) is 17.0. The Balaban J connectivity index is 1.38. The Morgan fingerprint density at radius 1 is 1.03 bits per heavy atom. The Morgan fingerprint density at radius 2 is 1.97 bits per heavy atom. The van der Waals surface area contributed by atoms with Gasteiger partial charge in [-0.05, 0) is 37.1 Å². The second-order valence-corrected chi connectivity index (χ2v) is 8.40. The van der Waals surface area contributed by atoms with Crippen molar-refractivity contribution in [1.82, 2.24) is 14.9 Å². The number of carbonyl (C=O) groups excluding carboxylic acids is 1. The molecule has 1 amide bonds. The normalized spacial score (nSPS) is 22.3. The lowest BCUT2D eigenvalue weighted by Crippen LogP contribution is -2.52. The van der Waals surface area contributed by atoms with Crippen molar-refractivity contribution in [3.8, 4) is 0 Å². The molecule has 4 heterocycles. The van der Waals surface area contributed by atoms with Crippen LogP contribution in [-0.2, 0) is 4.74 Å². The average molecular weight is 402 g/mol. The number of aromatic nitrogens is 2. The van der Waals surface area contributed by atoms with Crippen LogP contribution in [-0.4, -0.2) is 60.2 Å². The van der Waals surface area contributed by atoms with Crippen molar-refractivity contribution < 1.29 is 9.53 Å². The number of pyridine rings is 2. The number of anilines is 1. The molecule has 6 heteroatoms. The third kappa shape index (κ3) is 3.75. The zero-order chi connectivity index (χ0) is 20.4. The number of ether oxygens (including phenoxy) is 1. The maximum absolute atomic E-state index is 13.3. The second kappa shape index (κ2) is 8.03. The molecular formula is C24H26N4O2. The van der Waals surface area contributed by atoms with E-state index in [2.05, 4.69) is 20.9 Å². The summed E-state index contributed by atoms with van der Waals surface area (Å²) in [4.78, 5) is 26.5. The van der Waals surface area contributed by atoms with E-state index in [0.717, 1.165) is 49.1 Å². The molecule has 0 aliphatic carbocycles. The van der Waals surface area contributed by atoms with Crippen LogP contribution in [0.5, 0.6) is 0 Å². The monoisotopic (exact) mass is 402 g/mol. The van der Waals surface area contributed by atoms with E-state index >= 15 is 0 Å². The van der Waals surface area contributed by atoms with Crippen LogP contribution in [0.3, 0.4) is 0 Å². The number of amides is 1. The van der Waals surface area contributed by atoms with E-state index in [9.17, 15) is 4.79 Å². The number of nitrogens with zero attached hydrogens (tertiary/aromatic N) is 4. The molecule has 0 N–H and O–H groups in total. The topological polar surface area (TPSA) is 58.6 Å². The number of benzene rings is 1. The molecular weight excluding hydrogens is 376 g/mol. The number of fused-ring (bicyclic) bond motifs is 1. The highest BCUT2D eigenvalue weighted by Crippen LogP contribution is 2.35. The first-order valence-electron chi connectivity index (χ1n) is 10.6. The van der Waals surface area contributed by atoms with Crippen molar-refractivity contribution >= 4 is 22.5 Å². The Kier molecular flexibility index (Phi) is 5.09. The van der Waals surface area contributed by atoms with Gasteiger partial charge < -0.3 is 14.5 Å². The lowest BCUT2D eigenvalue weighted by Gasteiger charge is -2.43. The van der Waals surface area contributed by atoms with Crippen LogP contribution in [0.4, 0.5) is 5.69 Å². The molecule has 6 nitrogen and oxygen atoms in total. The summed E-state index contributed by atoms with van der Waals surface area (Å²) < 4.78 is 6.02. The summed E-state index contributed by atoms with van der Waals surface area (Å²) in [7, 11) is 0. The van der Waals surface area contributed by atoms with Crippen molar-refractivity contribution in [1.29, 1.82) is 0 Å². The van der Waals surface area contributed by atoms with Crippen LogP contribution < -0.4 is 4.90 Å². The summed E-state index contributed by atoms with van der Waals surface area (Å²) in [6.45, 7) is 4.54. The van der Waals surface area contributed by atoms with Crippen molar-refractivity contribution in [2.24, 2.45) is 5.41 Å². The molecule has 1 aromatic carbocycles. The largest absolute Gasteiger partial charge is 0.379 e. The van der Waals surface area contributed by atoms with Gasteiger partial charge in [0.1, 0.15) is 5.69 Å². The fourth-order valence-electron chi connectivity index (χ4n) is 4.73. The Bertz CT molecular complexity index is 1040. The number of rotatable bonds is 2. The fraction of sp³-hybridized carbons (Fsp3) is 0.375. The molecule has 1 atom stereocenters. The van der Waals surface area contributed by atoms with Crippen LogP contribution in [0, 0.1) is 5.41 Å². The third-order valence-corrected chi connectivity index (χ3v) is 6.22. The van der Waals surface area contributed by atoms with Crippen LogP contribution in [0.2, 0.25) is 0 Å². The van der Waals surface area contributed by atoms with Gasteiger partial charge in [-0.15, -0.1) is 0 Å². The molecule has 2 saturated heterocycles. The smallest absolute Gasteiger partial charge is 0.272 e. The lowest BCUT2D eigenvalue weighted by atomic mass is 9.80. The highest BCUT2D eigenvalue weighted by atomic mass is 16.5. The molecule has 0 radical (unpaired) electrons. The van der Waals surface area contributed by atoms with E-state index in [0.29, 0.717) is 25.5 Å². The minimum atomic E-state index is -0.0723. The van der Waals surface area contributed by atoms with Gasteiger partial charge in [0, 0.05) is 43.2 Å². The van der Waals surface area contributed by atoms with Crippen LogP contribution in [0.15, 0.2) is 60.9 Å². The van der Waals surface area contributed by atoms with Crippen LogP contribution >= 0.6 is 0 Å². The first kappa shape index (κ1) is 19.0. The first-order chi connectivity index (χ1) is 14.7. The van der Waals surface area contributed by atoms with Gasteiger partial charge in [0.25, 0.3) is 5.91 Å². The van der Waals surface area contributed by atoms with E-state index < -0.39 is 0 Å². The first-order valence-corrected chi connectivity index (χ1v) is 10.6. The van der Waals surface area contributed by atoms with Gasteiger partial charge in [-0.1, -0.05) is 24.3 Å². The molecule has 154 valence electrons. The van der Waals surface area contributed by atoms with Crippen LogP contribution in [0.1, 0.15) is 23.3 Å². The average Bonchev–Trinajstić information content (AvgIpc) is 3.01. The van der Waals surface area contributed by atoms with Gasteiger partial charge in [0.2, 0.25) is 0 Å². The maximum Gasteiger partial charge on any atom is 0.272 e. The van der Waals surface area contributed by atoms with Gasteiger partial charge >= 0.3 is 0 Å². The van der Waals surface area contributed by atoms with E-state index in [4.69, 9.17) is 4.74 Å². The molecule has 2 aliphatic rings. The molecule has 0 bridgehead atoms. The fourth-order valence-corrected chi connectivity index (χ4v) is 4.73. The standard InChI is InChI=1S/C24H26N4O2/c29-23(22-9-8-19-5-1-2-7-21(19)26-22)28-12-4-10-24(17-28)16-27(13-14-30-18-24)20-6-3-11-25-15-20/h1-3,5-9,11,15H,4,10,12-14,16-18H2/t24-/m1/s1. The van der Waals surface area contributed by atoms with Gasteiger partial charge in [0.15, 0.2) is 0 Å². The van der Waals surface area contributed by atoms with Crippen molar-refractivity contribution in [2.75, 3.05) is 44.3 Å². The quantitative estimate of drug-likeness (QED) is 0.658. The van der Waals surface area contributed by atoms with Gasteiger partial charge in [-0.3, -0.25) is 9.78 Å². The number of hydrogen-bond donors (Lipinski definition) is 0. The Labute approximate surface area is 176 Å². The zero-order valence-electron chi connectivity index (χ0n) is 17.0. The SMILES string of the molecule is O=C(c1ccc2ccccc2n1)N1CCC[C@]2(COCCN(c3cccnc3)C2)C1. The molecule has 1 spiro atoms. The number of hydrogen-bond acceptors (Lipinski definition) is 5. The van der Waals surface area contributed by atoms with E-state index in [1.807, 2.05) is 53.6 Å². The third-order valence-electron chi connectivity index (χ3n) is 6.22. The molecule has 2 aromatic heterocycles. The molecule has 0 saturated carbocycles. The summed E-state index contributed by atoms with van der Waals surface area (Å²) in [5.74, 6) is 0.0111. The van der Waals surface area contributed by atoms with Crippen molar-refractivity contribution in [2.45, 2.75) is 12.8 Å². The summed E-state index contributed by atoms with van der Waals surface area (Å²) in [5, 5.41) is 1.05. The number of likely N-dealkylation sites (tertiary alicyclic amines) is 1. The Morgan fingerprint density at radius 3 is 2.87 bits per heavy atom. The van der Waals surface area contributed by atoms with E-state index in [1.165, 1.54) is 0 Å².